The molecule has 0 saturated carbocycles. The van der Waals surface area contributed by atoms with Crippen LogP contribution in [0.5, 0.6) is 0 Å². The van der Waals surface area contributed by atoms with Gasteiger partial charge in [0.1, 0.15) is 5.76 Å². The molecule has 0 aliphatic heterocycles. The lowest BCUT2D eigenvalue weighted by atomic mass is 10.2. The third-order valence-corrected chi connectivity index (χ3v) is 2.71. The van der Waals surface area contributed by atoms with Gasteiger partial charge in [-0.25, -0.2) is 0 Å². The second kappa shape index (κ2) is 5.74. The minimum Gasteiger partial charge on any atom is -0.468 e. The Morgan fingerprint density at radius 2 is 2.56 bits per heavy atom. The summed E-state index contributed by atoms with van der Waals surface area (Å²) in [5.41, 5.74) is 0.928. The van der Waals surface area contributed by atoms with E-state index in [2.05, 4.69) is 14.9 Å². The maximum Gasteiger partial charge on any atom is 0.123 e. The molecule has 1 N–H and O–H groups in total. The Morgan fingerprint density at radius 3 is 3.19 bits per heavy atom. The smallest absolute Gasteiger partial charge is 0.123 e. The average Bonchev–Trinajstić information content (AvgIpc) is 2.96. The van der Waals surface area contributed by atoms with Crippen LogP contribution in [-0.4, -0.2) is 23.3 Å². The van der Waals surface area contributed by atoms with Gasteiger partial charge in [0, 0.05) is 19.0 Å². The number of hydrogen-bond acceptors (Lipinski definition) is 6. The summed E-state index contributed by atoms with van der Waals surface area (Å²) in [6.07, 6.45) is 1.66. The number of ether oxygens (including phenoxy) is 1. The summed E-state index contributed by atoms with van der Waals surface area (Å²) in [5.74, 6) is 0.866. The highest BCUT2D eigenvalue weighted by molar-refractivity contribution is 7.03. The Kier molecular flexibility index (Phi) is 4.03. The molecular weight excluding hydrogens is 226 g/mol. The SMILES string of the molecule is COCC(NCc1csnn1)c1ccco1. The Hall–Kier alpha value is -1.24. The number of nitrogens with zero attached hydrogens (tertiary/aromatic N) is 2. The number of nitrogens with one attached hydrogen (secondary N) is 1. The number of furan rings is 1. The van der Waals surface area contributed by atoms with Crippen LogP contribution in [0.1, 0.15) is 17.5 Å². The molecule has 0 radical (unpaired) electrons. The lowest BCUT2D eigenvalue weighted by Gasteiger charge is -2.14. The molecule has 0 fully saturated rings. The topological polar surface area (TPSA) is 60.2 Å². The van der Waals surface area contributed by atoms with Gasteiger partial charge in [-0.3, -0.25) is 5.32 Å². The van der Waals surface area contributed by atoms with E-state index < -0.39 is 0 Å². The summed E-state index contributed by atoms with van der Waals surface area (Å²) < 4.78 is 14.3. The van der Waals surface area contributed by atoms with E-state index in [9.17, 15) is 0 Å². The van der Waals surface area contributed by atoms with E-state index in [0.717, 1.165) is 11.5 Å². The van der Waals surface area contributed by atoms with Crippen LogP contribution in [0.15, 0.2) is 28.2 Å². The van der Waals surface area contributed by atoms with Gasteiger partial charge in [-0.05, 0) is 23.7 Å². The van der Waals surface area contributed by atoms with Crippen LogP contribution in [0, 0.1) is 0 Å². The molecule has 86 valence electrons. The zero-order valence-electron chi connectivity index (χ0n) is 8.92. The van der Waals surface area contributed by atoms with Crippen molar-refractivity contribution < 1.29 is 9.15 Å². The van der Waals surface area contributed by atoms with Gasteiger partial charge in [-0.2, -0.15) is 0 Å². The van der Waals surface area contributed by atoms with Crippen molar-refractivity contribution in [3.05, 3.63) is 35.2 Å². The fourth-order valence-corrected chi connectivity index (χ4v) is 1.84. The fourth-order valence-electron chi connectivity index (χ4n) is 1.39. The summed E-state index contributed by atoms with van der Waals surface area (Å²) in [7, 11) is 1.67. The van der Waals surface area contributed by atoms with Crippen molar-refractivity contribution in [1.29, 1.82) is 0 Å². The zero-order valence-corrected chi connectivity index (χ0v) is 9.74. The minimum absolute atomic E-state index is 0.0432. The van der Waals surface area contributed by atoms with E-state index in [4.69, 9.17) is 9.15 Å². The van der Waals surface area contributed by atoms with Gasteiger partial charge in [0.2, 0.25) is 0 Å². The summed E-state index contributed by atoms with van der Waals surface area (Å²) >= 11 is 1.35. The van der Waals surface area contributed by atoms with Gasteiger partial charge in [-0.15, -0.1) is 5.10 Å². The molecule has 16 heavy (non-hydrogen) atoms. The first-order chi connectivity index (χ1) is 7.90. The number of methoxy groups -OCH3 is 1. The molecule has 6 heteroatoms. The molecular formula is C10H13N3O2S. The molecule has 0 aromatic carbocycles. The van der Waals surface area contributed by atoms with Crippen molar-refractivity contribution in [3.63, 3.8) is 0 Å². The lowest BCUT2D eigenvalue weighted by Crippen LogP contribution is -2.24. The lowest BCUT2D eigenvalue weighted by molar-refractivity contribution is 0.156. The first-order valence-corrected chi connectivity index (χ1v) is 5.75. The molecule has 1 unspecified atom stereocenters. The van der Waals surface area contributed by atoms with Gasteiger partial charge in [-0.1, -0.05) is 4.49 Å². The van der Waals surface area contributed by atoms with E-state index in [1.54, 1.807) is 13.4 Å². The zero-order chi connectivity index (χ0) is 11.2. The highest BCUT2D eigenvalue weighted by atomic mass is 32.1. The van der Waals surface area contributed by atoms with Gasteiger partial charge in [0.25, 0.3) is 0 Å². The van der Waals surface area contributed by atoms with Crippen LogP contribution >= 0.6 is 11.5 Å². The molecule has 2 aromatic rings. The van der Waals surface area contributed by atoms with E-state index >= 15 is 0 Å². The van der Waals surface area contributed by atoms with Gasteiger partial charge >= 0.3 is 0 Å². The Bertz CT molecular complexity index is 388. The monoisotopic (exact) mass is 239 g/mol. The number of rotatable bonds is 6. The van der Waals surface area contributed by atoms with Crippen molar-refractivity contribution in [2.45, 2.75) is 12.6 Å². The molecule has 1 atom stereocenters. The summed E-state index contributed by atoms with van der Waals surface area (Å²) in [6, 6.07) is 3.83. The maximum absolute atomic E-state index is 5.34. The van der Waals surface area contributed by atoms with E-state index in [1.807, 2.05) is 17.5 Å². The highest BCUT2D eigenvalue weighted by Crippen LogP contribution is 2.14. The van der Waals surface area contributed by atoms with Gasteiger partial charge in [0.05, 0.1) is 24.6 Å². The maximum atomic E-state index is 5.34. The van der Waals surface area contributed by atoms with Crippen LogP contribution < -0.4 is 5.32 Å². The van der Waals surface area contributed by atoms with Gasteiger partial charge in [0.15, 0.2) is 0 Å². The molecule has 0 aliphatic carbocycles. The average molecular weight is 239 g/mol. The molecule has 0 amide bonds. The standard InChI is InChI=1S/C10H13N3O2S/c1-14-6-9(10-3-2-4-15-10)11-5-8-7-16-13-12-8/h2-4,7,9,11H,5-6H2,1H3. The van der Waals surface area contributed by atoms with Crippen LogP contribution in [0.2, 0.25) is 0 Å². The third kappa shape index (κ3) is 2.88. The van der Waals surface area contributed by atoms with E-state index in [1.165, 1.54) is 11.5 Å². The number of hydrogen-bond donors (Lipinski definition) is 1. The van der Waals surface area contributed by atoms with E-state index in [0.29, 0.717) is 13.2 Å². The first-order valence-electron chi connectivity index (χ1n) is 4.92. The first kappa shape index (κ1) is 11.3. The predicted molar refractivity (Wildman–Crippen MR) is 60.1 cm³/mol. The van der Waals surface area contributed by atoms with Crippen molar-refractivity contribution in [2.75, 3.05) is 13.7 Å². The second-order valence-corrected chi connectivity index (χ2v) is 3.91. The minimum atomic E-state index is 0.0432. The summed E-state index contributed by atoms with van der Waals surface area (Å²) in [6.45, 7) is 1.22. The molecule has 2 heterocycles. The van der Waals surface area contributed by atoms with Crippen molar-refractivity contribution in [3.8, 4) is 0 Å². The molecule has 0 saturated heterocycles. The predicted octanol–water partition coefficient (Wildman–Crippen LogP) is 1.61. The third-order valence-electron chi connectivity index (χ3n) is 2.15. The molecule has 0 bridgehead atoms. The quantitative estimate of drug-likeness (QED) is 0.829. The Labute approximate surface area is 97.6 Å². The van der Waals surface area contributed by atoms with Crippen molar-refractivity contribution in [1.82, 2.24) is 14.9 Å². The molecule has 2 rings (SSSR count). The second-order valence-electron chi connectivity index (χ2n) is 3.30. The van der Waals surface area contributed by atoms with Crippen LogP contribution in [-0.2, 0) is 11.3 Å². The molecule has 5 nitrogen and oxygen atoms in total. The van der Waals surface area contributed by atoms with Gasteiger partial charge < -0.3 is 9.15 Å². The Balaban J connectivity index is 1.93. The molecule has 0 spiro atoms. The summed E-state index contributed by atoms with van der Waals surface area (Å²) in [4.78, 5) is 0. The summed E-state index contributed by atoms with van der Waals surface area (Å²) in [5, 5.41) is 9.19. The number of aromatic nitrogens is 2. The highest BCUT2D eigenvalue weighted by Gasteiger charge is 2.13. The fraction of sp³-hybridized carbons (Fsp3) is 0.400. The molecule has 0 aliphatic rings. The van der Waals surface area contributed by atoms with Crippen LogP contribution in [0.25, 0.3) is 0 Å². The van der Waals surface area contributed by atoms with Crippen LogP contribution in [0.3, 0.4) is 0 Å². The normalized spacial score (nSPS) is 12.8. The van der Waals surface area contributed by atoms with Crippen LogP contribution in [0.4, 0.5) is 0 Å². The van der Waals surface area contributed by atoms with E-state index in [-0.39, 0.29) is 6.04 Å². The van der Waals surface area contributed by atoms with Crippen molar-refractivity contribution in [2.24, 2.45) is 0 Å². The van der Waals surface area contributed by atoms with Crippen molar-refractivity contribution >= 4 is 11.5 Å². The largest absolute Gasteiger partial charge is 0.468 e. The Morgan fingerprint density at radius 1 is 1.62 bits per heavy atom. The molecule has 2 aromatic heterocycles.